The van der Waals surface area contributed by atoms with E-state index in [4.69, 9.17) is 28.9 Å². The van der Waals surface area contributed by atoms with E-state index < -0.39 is 36.1 Å². The van der Waals surface area contributed by atoms with Gasteiger partial charge in [-0.2, -0.15) is 5.10 Å². The minimum Gasteiger partial charge on any atom is -0.464 e. The molecule has 1 saturated heterocycles. The van der Waals surface area contributed by atoms with Crippen molar-refractivity contribution in [3.63, 3.8) is 0 Å². The molecule has 0 saturated carbocycles. The van der Waals surface area contributed by atoms with Gasteiger partial charge in [0.15, 0.2) is 5.82 Å². The number of aromatic amines is 2. The predicted octanol–water partition coefficient (Wildman–Crippen LogP) is 7.28. The Hall–Kier alpha value is -5.13. The number of carbonyl (C=O) groups excluding carboxylic acids is 1. The van der Waals surface area contributed by atoms with E-state index in [1.165, 1.54) is 0 Å². The van der Waals surface area contributed by atoms with Crippen LogP contribution in [0.15, 0.2) is 85.1 Å². The second-order valence-corrected chi connectivity index (χ2v) is 14.7. The number of nitrogens with zero attached hydrogens (tertiary/aromatic N) is 3. The summed E-state index contributed by atoms with van der Waals surface area (Å²) in [5.74, 6) is 0.874. The molecule has 0 amide bonds. The van der Waals surface area contributed by atoms with Crippen molar-refractivity contribution in [2.45, 2.75) is 71.5 Å². The third kappa shape index (κ3) is 5.43. The van der Waals surface area contributed by atoms with E-state index in [1.807, 2.05) is 86.1 Å². The second-order valence-electron chi connectivity index (χ2n) is 14.7. The van der Waals surface area contributed by atoms with Crippen LogP contribution in [0.4, 0.5) is 0 Å². The molecule has 1 atom stereocenters. The van der Waals surface area contributed by atoms with Crippen LogP contribution >= 0.6 is 0 Å². The quantitative estimate of drug-likeness (QED) is 0.148. The van der Waals surface area contributed by atoms with Crippen LogP contribution in [-0.2, 0) is 14.0 Å². The Morgan fingerprint density at radius 2 is 1.69 bits per heavy atom. The Labute approximate surface area is 284 Å². The first-order valence-corrected chi connectivity index (χ1v) is 16.5. The van der Waals surface area contributed by atoms with E-state index >= 15 is 0 Å². The smallest absolute Gasteiger partial charge is 0.464 e. The van der Waals surface area contributed by atoms with Gasteiger partial charge in [0.25, 0.3) is 0 Å². The summed E-state index contributed by atoms with van der Waals surface area (Å²) in [6.45, 7) is 13.7. The van der Waals surface area contributed by atoms with E-state index in [9.17, 15) is 4.79 Å². The molecule has 0 aliphatic carbocycles. The summed E-state index contributed by atoms with van der Waals surface area (Å²) >= 11 is 0. The lowest BCUT2D eigenvalue weighted by molar-refractivity contribution is 0.00578. The number of hydrogen-bond acceptors (Lipinski definition) is 7. The van der Waals surface area contributed by atoms with Gasteiger partial charge in [-0.3, -0.25) is 0 Å². The molecule has 0 unspecified atom stereocenters. The number of fused-ring (bicyclic) bond motifs is 4. The van der Waals surface area contributed by atoms with Gasteiger partial charge < -0.3 is 28.8 Å². The van der Waals surface area contributed by atoms with E-state index in [-0.39, 0.29) is 0 Å². The zero-order valence-corrected chi connectivity index (χ0v) is 28.6. The third-order valence-electron chi connectivity index (χ3n) is 9.47. The molecule has 10 nitrogen and oxygen atoms in total. The highest BCUT2D eigenvalue weighted by Gasteiger charge is 2.52. The average molecular weight is 656 g/mol. The number of ether oxygens (including phenoxy) is 2. The van der Waals surface area contributed by atoms with Crippen molar-refractivity contribution in [1.29, 1.82) is 0 Å². The lowest BCUT2D eigenvalue weighted by Crippen LogP contribution is -2.41. The van der Waals surface area contributed by atoms with Gasteiger partial charge in [-0.15, -0.1) is 0 Å². The van der Waals surface area contributed by atoms with Gasteiger partial charge in [0.2, 0.25) is 6.23 Å². The predicted molar refractivity (Wildman–Crippen MR) is 189 cm³/mol. The molecule has 6 aromatic rings. The first-order chi connectivity index (χ1) is 23.3. The first-order valence-electron chi connectivity index (χ1n) is 16.5. The largest absolute Gasteiger partial charge is 0.494 e. The fourth-order valence-electron chi connectivity index (χ4n) is 6.24. The van der Waals surface area contributed by atoms with Crippen molar-refractivity contribution in [2.24, 2.45) is 0 Å². The van der Waals surface area contributed by atoms with E-state index in [0.717, 1.165) is 50.3 Å². The summed E-state index contributed by atoms with van der Waals surface area (Å²) in [4.78, 5) is 24.2. The first kappa shape index (κ1) is 31.2. The zero-order chi connectivity index (χ0) is 34.3. The molecule has 0 bridgehead atoms. The summed E-state index contributed by atoms with van der Waals surface area (Å²) < 4.78 is 27.0. The molecular weight excluding hydrogens is 617 g/mol. The van der Waals surface area contributed by atoms with Crippen LogP contribution in [0.2, 0.25) is 0 Å². The van der Waals surface area contributed by atoms with Crippen LogP contribution in [0.3, 0.4) is 0 Å². The van der Waals surface area contributed by atoms with Crippen LogP contribution in [0.5, 0.6) is 5.75 Å². The van der Waals surface area contributed by atoms with E-state index in [0.29, 0.717) is 17.1 Å². The Balaban J connectivity index is 1.16. The van der Waals surface area contributed by atoms with Crippen LogP contribution in [0.1, 0.15) is 70.6 Å². The van der Waals surface area contributed by atoms with Gasteiger partial charge in [-0.1, -0.05) is 42.5 Å². The molecule has 0 radical (unpaired) electrons. The van der Waals surface area contributed by atoms with Gasteiger partial charge in [0.05, 0.1) is 44.9 Å². The van der Waals surface area contributed by atoms with Crippen molar-refractivity contribution >= 4 is 29.6 Å². The maximum Gasteiger partial charge on any atom is 0.494 e. The maximum atomic E-state index is 12.9. The number of carbonyl (C=O) groups is 1. The van der Waals surface area contributed by atoms with Crippen molar-refractivity contribution in [2.75, 3.05) is 0 Å². The number of esters is 1. The van der Waals surface area contributed by atoms with Crippen molar-refractivity contribution in [3.05, 3.63) is 96.2 Å². The number of hydrogen-bond donors (Lipinski definition) is 2. The lowest BCUT2D eigenvalue weighted by Gasteiger charge is -2.32. The minimum atomic E-state index is -0.612. The molecular formula is C38H38BN5O5. The normalized spacial score (nSPS) is 17.9. The fraction of sp³-hybridized carbons (Fsp3) is 0.289. The highest BCUT2D eigenvalue weighted by Crippen LogP contribution is 2.43. The minimum absolute atomic E-state index is 0.410. The van der Waals surface area contributed by atoms with Crippen LogP contribution in [-0.4, -0.2) is 54.6 Å². The monoisotopic (exact) mass is 655 g/mol. The van der Waals surface area contributed by atoms with E-state index in [2.05, 4.69) is 49.8 Å². The van der Waals surface area contributed by atoms with Crippen molar-refractivity contribution in [1.82, 2.24) is 24.7 Å². The van der Waals surface area contributed by atoms with Crippen LogP contribution in [0, 0.1) is 0 Å². The Morgan fingerprint density at radius 1 is 0.939 bits per heavy atom. The second kappa shape index (κ2) is 10.9. The van der Waals surface area contributed by atoms with Crippen LogP contribution < -0.4 is 10.2 Å². The summed E-state index contributed by atoms with van der Waals surface area (Å²) in [7, 11) is -0.506. The van der Waals surface area contributed by atoms with Gasteiger partial charge in [-0.05, 0) is 90.3 Å². The summed E-state index contributed by atoms with van der Waals surface area (Å²) in [6.07, 6.45) is 1.23. The zero-order valence-electron chi connectivity index (χ0n) is 28.6. The number of aromatic nitrogens is 5. The number of nitrogens with one attached hydrogen (secondary N) is 2. The van der Waals surface area contributed by atoms with Crippen molar-refractivity contribution in [3.8, 4) is 39.8 Å². The maximum absolute atomic E-state index is 12.9. The molecule has 11 heteroatoms. The van der Waals surface area contributed by atoms with Gasteiger partial charge in [0, 0.05) is 22.9 Å². The molecule has 8 rings (SSSR count). The molecule has 2 aliphatic rings. The topological polar surface area (TPSA) is 116 Å². The number of benzene rings is 3. The van der Waals surface area contributed by atoms with Gasteiger partial charge in [0.1, 0.15) is 11.4 Å². The van der Waals surface area contributed by atoms with Gasteiger partial charge in [-0.25, -0.2) is 14.5 Å². The molecule has 2 aliphatic heterocycles. The Morgan fingerprint density at radius 3 is 2.43 bits per heavy atom. The highest BCUT2D eigenvalue weighted by atomic mass is 16.7. The molecule has 0 spiro atoms. The van der Waals surface area contributed by atoms with Crippen molar-refractivity contribution < 1.29 is 23.6 Å². The number of H-pyrrole nitrogens is 2. The Bertz CT molecular complexity index is 2210. The molecule has 5 heterocycles. The summed E-state index contributed by atoms with van der Waals surface area (Å²) in [5.41, 5.74) is 6.48. The number of imidazole rings is 1. The summed E-state index contributed by atoms with van der Waals surface area (Å²) in [6, 6.07) is 26.0. The summed E-state index contributed by atoms with van der Waals surface area (Å²) in [5, 5.41) is 5.09. The highest BCUT2D eigenvalue weighted by molar-refractivity contribution is 6.62. The average Bonchev–Trinajstić information content (AvgIpc) is 3.83. The molecule has 248 valence electrons. The molecule has 1 fully saturated rings. The standard InChI is InChI=1S/C38H38BN5O5/c1-36(2,3)47-35(45)26-17-18-40-32(26)33-41-27-16-13-23(19-29(27)42-33)28-21-30-25-15-14-24(39-48-37(4,5)38(6,7)49-39)20-31(25)46-34(44(30)43-28)22-11-9-8-10-12-22/h8-21,34,40H,1-7H3,(H,41,42)/t34-/m0/s1. The van der Waals surface area contributed by atoms with E-state index in [1.54, 1.807) is 12.3 Å². The number of rotatable bonds is 5. The fourth-order valence-corrected chi connectivity index (χ4v) is 6.24. The Kier molecular flexibility index (Phi) is 6.96. The molecule has 3 aromatic heterocycles. The molecule has 3 aromatic carbocycles. The SMILES string of the molecule is CC(C)(C)OC(=O)c1cc[nH]c1-c1nc2ccc(-c3cc4n(n3)[C@H](c3ccccc3)Oc3cc(B5OC(C)(C)C(C)(C)O5)ccc3-4)cc2[nH]1. The molecule has 49 heavy (non-hydrogen) atoms. The van der Waals surface area contributed by atoms with Crippen LogP contribution in [0.25, 0.3) is 45.1 Å². The molecule has 2 N–H and O–H groups in total. The lowest BCUT2D eigenvalue weighted by atomic mass is 9.78. The third-order valence-corrected chi connectivity index (χ3v) is 9.47. The van der Waals surface area contributed by atoms with Gasteiger partial charge >= 0.3 is 13.1 Å².